The predicted molar refractivity (Wildman–Crippen MR) is 269 cm³/mol. The molecule has 0 saturated carbocycles. The molecular weight excluding hydrogens is 909 g/mol. The van der Waals surface area contributed by atoms with Gasteiger partial charge in [-0.15, -0.1) is 22.7 Å². The lowest BCUT2D eigenvalue weighted by Crippen LogP contribution is -2.07. The molecule has 4 nitrogen and oxygen atoms in total. The van der Waals surface area contributed by atoms with Crippen LogP contribution in [0.1, 0.15) is 142 Å². The second-order valence-corrected chi connectivity index (χ2v) is 21.3. The Balaban J connectivity index is 1.29. The molecule has 3 heterocycles. The van der Waals surface area contributed by atoms with Crippen molar-refractivity contribution in [1.29, 1.82) is 0 Å². The molecule has 7 rings (SSSR count). The highest BCUT2D eigenvalue weighted by Crippen LogP contribution is 2.54. The number of unbranched alkanes of at least 4 members (excludes halogenated alkanes) is 18. The van der Waals surface area contributed by atoms with E-state index in [0.29, 0.717) is 13.2 Å². The Morgan fingerprint density at radius 3 is 1.07 bits per heavy atom. The molecule has 8 heteroatoms. The van der Waals surface area contributed by atoms with Gasteiger partial charge in [-0.2, -0.15) is 0 Å². The Bertz CT molecular complexity index is 2270. The van der Waals surface area contributed by atoms with Crippen molar-refractivity contribution in [3.05, 3.63) is 80.4 Å². The molecule has 0 aliphatic carbocycles. The third kappa shape index (κ3) is 11.3. The number of thiophene rings is 2. The number of nitrogens with zero attached hydrogens (tertiary/aromatic N) is 2. The molecule has 60 heavy (non-hydrogen) atoms. The largest absolute Gasteiger partial charge is 0.489 e. The highest BCUT2D eigenvalue weighted by Gasteiger charge is 2.29. The van der Waals surface area contributed by atoms with E-state index < -0.39 is 0 Å². The van der Waals surface area contributed by atoms with Crippen LogP contribution in [0.5, 0.6) is 11.5 Å². The summed E-state index contributed by atoms with van der Waals surface area (Å²) in [5, 5.41) is 4.58. The monoisotopic (exact) mass is 968 g/mol. The smallest absolute Gasteiger partial charge is 0.172 e. The van der Waals surface area contributed by atoms with Gasteiger partial charge in [-0.3, -0.25) is 0 Å². The van der Waals surface area contributed by atoms with Crippen LogP contribution in [0.2, 0.25) is 0 Å². The summed E-state index contributed by atoms with van der Waals surface area (Å²) in [4.78, 5) is 13.6. The van der Waals surface area contributed by atoms with Crippen LogP contribution in [0.4, 0.5) is 0 Å². The zero-order chi connectivity index (χ0) is 41.5. The van der Waals surface area contributed by atoms with E-state index in [1.807, 2.05) is 0 Å². The first kappa shape index (κ1) is 45.0. The first-order valence-electron chi connectivity index (χ1n) is 23.0. The number of rotatable bonds is 26. The Morgan fingerprint density at radius 1 is 0.400 bits per heavy atom. The molecule has 0 saturated heterocycles. The normalized spacial score (nSPS) is 11.8. The van der Waals surface area contributed by atoms with Crippen molar-refractivity contribution in [3.8, 4) is 32.4 Å². The van der Waals surface area contributed by atoms with E-state index in [1.54, 1.807) is 22.7 Å². The van der Waals surface area contributed by atoms with E-state index in [1.165, 1.54) is 114 Å². The predicted octanol–water partition coefficient (Wildman–Crippen LogP) is 18.7. The molecule has 3 aromatic heterocycles. The molecule has 0 aliphatic rings. The molecule has 318 valence electrons. The van der Waals surface area contributed by atoms with E-state index >= 15 is 0 Å². The summed E-state index contributed by atoms with van der Waals surface area (Å²) >= 11 is 11.0. The van der Waals surface area contributed by atoms with E-state index in [4.69, 9.17) is 19.4 Å². The van der Waals surface area contributed by atoms with Gasteiger partial charge in [0, 0.05) is 20.5 Å². The van der Waals surface area contributed by atoms with Crippen LogP contribution < -0.4 is 9.47 Å². The van der Waals surface area contributed by atoms with Gasteiger partial charge < -0.3 is 9.47 Å². The van der Waals surface area contributed by atoms with Gasteiger partial charge in [-0.1, -0.05) is 178 Å². The number of fused-ring (bicyclic) bond motifs is 7. The van der Waals surface area contributed by atoms with E-state index in [9.17, 15) is 0 Å². The number of benzene rings is 4. The fourth-order valence-electron chi connectivity index (χ4n) is 8.61. The summed E-state index contributed by atoms with van der Waals surface area (Å²) in [6.07, 6.45) is 25.6. The molecule has 0 aliphatic heterocycles. The Kier molecular flexibility index (Phi) is 17.6. The lowest BCUT2D eigenvalue weighted by molar-refractivity contribution is 0.260. The molecule has 0 bridgehead atoms. The lowest BCUT2D eigenvalue weighted by Gasteiger charge is -2.22. The van der Waals surface area contributed by atoms with Gasteiger partial charge >= 0.3 is 0 Å². The average Bonchev–Trinajstić information content (AvgIpc) is 3.91. The third-order valence-electron chi connectivity index (χ3n) is 11.8. The van der Waals surface area contributed by atoms with Crippen LogP contribution in [-0.4, -0.2) is 23.2 Å². The van der Waals surface area contributed by atoms with Crippen molar-refractivity contribution in [2.45, 2.75) is 142 Å². The number of aromatic nitrogens is 2. The standard InChI is InChI=1S/C52H62Br2N2O2S2/c1-3-5-7-9-11-13-15-17-19-25-35-57-51-45(41-31-33-43(53)59-41)49-50(56-48-40-30-24-22-28-38(40)37-27-21-23-29-39(37)47(48)55-49)46(42-32-34-44(54)60-42)52(51)58-36-26-20-18-16-14-12-10-8-6-4-2/h21-24,27-34H,3-20,25-26,35-36H2,1-2H3. The van der Waals surface area contributed by atoms with Crippen molar-refractivity contribution in [1.82, 2.24) is 9.97 Å². The Labute approximate surface area is 383 Å². The number of halogens is 2. The fraction of sp³-hybridized carbons (Fsp3) is 0.462. The zero-order valence-electron chi connectivity index (χ0n) is 35.8. The summed E-state index contributed by atoms with van der Waals surface area (Å²) in [7, 11) is 0. The van der Waals surface area contributed by atoms with Gasteiger partial charge in [-0.05, 0) is 79.7 Å². The minimum atomic E-state index is 0.623. The lowest BCUT2D eigenvalue weighted by atomic mass is 9.97. The van der Waals surface area contributed by atoms with Gasteiger partial charge in [0.1, 0.15) is 11.0 Å². The maximum absolute atomic E-state index is 7.09. The van der Waals surface area contributed by atoms with Crippen molar-refractivity contribution in [2.75, 3.05) is 13.2 Å². The first-order chi connectivity index (χ1) is 29.6. The summed E-state index contributed by atoms with van der Waals surface area (Å²) in [5.41, 5.74) is 5.45. The van der Waals surface area contributed by atoms with Gasteiger partial charge in [-0.25, -0.2) is 9.97 Å². The number of hydrogen-bond donors (Lipinski definition) is 0. The topological polar surface area (TPSA) is 44.2 Å². The molecule has 4 aromatic carbocycles. The molecule has 0 spiro atoms. The SMILES string of the molecule is CCCCCCCCCCCCOc1c(OCCCCCCCCCCCC)c(-c2ccc(Br)s2)c2nc3c4ccccc4c4ccccc4c3nc2c1-c1ccc(Br)s1. The second kappa shape index (κ2) is 23.4. The number of hydrogen-bond acceptors (Lipinski definition) is 6. The minimum Gasteiger partial charge on any atom is -0.489 e. The molecule has 0 unspecified atom stereocenters. The van der Waals surface area contributed by atoms with Gasteiger partial charge in [0.05, 0.1) is 42.9 Å². The summed E-state index contributed by atoms with van der Waals surface area (Å²) < 4.78 is 16.3. The van der Waals surface area contributed by atoms with Crippen molar-refractivity contribution < 1.29 is 9.47 Å². The summed E-state index contributed by atoms with van der Waals surface area (Å²) in [6, 6.07) is 25.9. The van der Waals surface area contributed by atoms with Crippen molar-refractivity contribution in [2.24, 2.45) is 0 Å². The molecule has 0 amide bonds. The van der Waals surface area contributed by atoms with E-state index in [0.717, 1.165) is 98.5 Å². The highest BCUT2D eigenvalue weighted by atomic mass is 79.9. The van der Waals surface area contributed by atoms with Crippen LogP contribution in [0.25, 0.3) is 64.5 Å². The van der Waals surface area contributed by atoms with Gasteiger partial charge in [0.25, 0.3) is 0 Å². The maximum Gasteiger partial charge on any atom is 0.172 e. The van der Waals surface area contributed by atoms with Crippen molar-refractivity contribution >= 4 is 98.1 Å². The quantitative estimate of drug-likeness (QED) is 0.0308. The maximum atomic E-state index is 7.09. The zero-order valence-corrected chi connectivity index (χ0v) is 40.6. The molecule has 0 atom stereocenters. The summed E-state index contributed by atoms with van der Waals surface area (Å²) in [6.45, 7) is 5.82. The van der Waals surface area contributed by atoms with Gasteiger partial charge in [0.2, 0.25) is 0 Å². The minimum absolute atomic E-state index is 0.623. The number of ether oxygens (including phenoxy) is 2. The molecule has 0 fully saturated rings. The van der Waals surface area contributed by atoms with Crippen LogP contribution in [0, 0.1) is 0 Å². The van der Waals surface area contributed by atoms with Crippen LogP contribution in [-0.2, 0) is 0 Å². The third-order valence-corrected chi connectivity index (χ3v) is 15.1. The summed E-state index contributed by atoms with van der Waals surface area (Å²) in [5.74, 6) is 1.58. The van der Waals surface area contributed by atoms with Crippen LogP contribution >= 0.6 is 54.5 Å². The second-order valence-electron chi connectivity index (χ2n) is 16.4. The first-order valence-corrected chi connectivity index (χ1v) is 26.2. The molecular formula is C52H62Br2N2O2S2. The highest BCUT2D eigenvalue weighted by molar-refractivity contribution is 9.11. The molecule has 0 N–H and O–H groups in total. The molecule has 7 aromatic rings. The van der Waals surface area contributed by atoms with Crippen LogP contribution in [0.3, 0.4) is 0 Å². The Hall–Kier alpha value is -3.04. The van der Waals surface area contributed by atoms with Crippen molar-refractivity contribution in [3.63, 3.8) is 0 Å². The Morgan fingerprint density at radius 2 is 0.733 bits per heavy atom. The van der Waals surface area contributed by atoms with Gasteiger partial charge in [0.15, 0.2) is 11.5 Å². The molecule has 0 radical (unpaired) electrons. The van der Waals surface area contributed by atoms with E-state index in [-0.39, 0.29) is 0 Å². The van der Waals surface area contributed by atoms with E-state index in [2.05, 4.69) is 119 Å². The van der Waals surface area contributed by atoms with Crippen LogP contribution in [0.15, 0.2) is 80.4 Å². The fourth-order valence-corrected chi connectivity index (χ4v) is 11.5. The average molecular weight is 971 g/mol.